The number of hydrogen-bond donors (Lipinski definition) is 1. The number of aromatic nitrogens is 1. The van der Waals surface area contributed by atoms with Gasteiger partial charge in [0.15, 0.2) is 11.2 Å². The van der Waals surface area contributed by atoms with Crippen LogP contribution in [0.4, 0.5) is 0 Å². The summed E-state index contributed by atoms with van der Waals surface area (Å²) < 4.78 is 8.02. The Morgan fingerprint density at radius 2 is 2.15 bits per heavy atom. The molecule has 5 rings (SSSR count). The first-order chi connectivity index (χ1) is 12.6. The van der Waals surface area contributed by atoms with Crippen molar-refractivity contribution in [3.63, 3.8) is 0 Å². The van der Waals surface area contributed by atoms with Gasteiger partial charge in [-0.25, -0.2) is 4.79 Å². The lowest BCUT2D eigenvalue weighted by molar-refractivity contribution is 0.0694. The molecule has 3 aromatic heterocycles. The standard InChI is InChI=1S/C20H13NO4S/c22-17-8-16-19-14(4-6-21(16)9-15(17)20(23)24)13-3-1-2-12(18(13)25-19)11-5-7-26-10-11/h1-3,5,7-10H,4,6H2,(H,23,24). The summed E-state index contributed by atoms with van der Waals surface area (Å²) in [5, 5.41) is 14.3. The predicted molar refractivity (Wildman–Crippen MR) is 99.9 cm³/mol. The van der Waals surface area contributed by atoms with Crippen molar-refractivity contribution in [1.82, 2.24) is 4.57 Å². The Kier molecular flexibility index (Phi) is 3.17. The normalized spacial score (nSPS) is 12.8. The lowest BCUT2D eigenvalue weighted by atomic mass is 9.99. The van der Waals surface area contributed by atoms with E-state index in [1.807, 2.05) is 23.6 Å². The van der Waals surface area contributed by atoms with Crippen LogP contribution < -0.4 is 5.43 Å². The Morgan fingerprint density at radius 3 is 2.92 bits per heavy atom. The van der Waals surface area contributed by atoms with E-state index >= 15 is 0 Å². The van der Waals surface area contributed by atoms with Crippen LogP contribution in [0.2, 0.25) is 0 Å². The summed E-state index contributed by atoms with van der Waals surface area (Å²) in [5.41, 5.74) is 3.91. The minimum absolute atomic E-state index is 0.215. The minimum Gasteiger partial charge on any atom is -0.477 e. The van der Waals surface area contributed by atoms with Gasteiger partial charge in [0, 0.05) is 35.3 Å². The van der Waals surface area contributed by atoms with Crippen molar-refractivity contribution in [1.29, 1.82) is 0 Å². The summed E-state index contributed by atoms with van der Waals surface area (Å²) in [6.07, 6.45) is 2.14. The molecular weight excluding hydrogens is 350 g/mol. The number of carboxylic acids is 1. The van der Waals surface area contributed by atoms with Crippen molar-refractivity contribution in [2.45, 2.75) is 13.0 Å². The summed E-state index contributed by atoms with van der Waals surface area (Å²) in [6.45, 7) is 0.611. The zero-order valence-electron chi connectivity index (χ0n) is 13.6. The van der Waals surface area contributed by atoms with Crippen LogP contribution in [0.5, 0.6) is 0 Å². The van der Waals surface area contributed by atoms with Gasteiger partial charge in [-0.05, 0) is 28.8 Å². The number of nitrogens with zero attached hydrogens (tertiary/aromatic N) is 1. The summed E-state index contributed by atoms with van der Waals surface area (Å²) >= 11 is 1.63. The molecule has 4 heterocycles. The Morgan fingerprint density at radius 1 is 1.27 bits per heavy atom. The second-order valence-electron chi connectivity index (χ2n) is 6.29. The molecule has 0 amide bonds. The van der Waals surface area contributed by atoms with E-state index < -0.39 is 11.4 Å². The maximum absolute atomic E-state index is 12.2. The maximum Gasteiger partial charge on any atom is 0.341 e. The van der Waals surface area contributed by atoms with E-state index in [0.29, 0.717) is 18.0 Å². The molecule has 0 saturated heterocycles. The quantitative estimate of drug-likeness (QED) is 0.578. The third-order valence-electron chi connectivity index (χ3n) is 4.84. The van der Waals surface area contributed by atoms with E-state index in [2.05, 4.69) is 11.4 Å². The second-order valence-corrected chi connectivity index (χ2v) is 7.07. The third-order valence-corrected chi connectivity index (χ3v) is 5.53. The molecule has 0 spiro atoms. The molecular formula is C20H13NO4S. The monoisotopic (exact) mass is 363 g/mol. The lowest BCUT2D eigenvalue weighted by Gasteiger charge is -2.18. The van der Waals surface area contributed by atoms with Crippen LogP contribution in [0, 0.1) is 0 Å². The highest BCUT2D eigenvalue weighted by atomic mass is 32.1. The molecule has 0 fully saturated rings. The van der Waals surface area contributed by atoms with Crippen LogP contribution in [0.25, 0.3) is 33.6 Å². The highest BCUT2D eigenvalue weighted by Crippen LogP contribution is 2.41. The van der Waals surface area contributed by atoms with E-state index in [0.717, 1.165) is 34.1 Å². The van der Waals surface area contributed by atoms with Crippen molar-refractivity contribution < 1.29 is 14.3 Å². The zero-order valence-corrected chi connectivity index (χ0v) is 14.4. The summed E-state index contributed by atoms with van der Waals surface area (Å²) in [5.74, 6) is -0.552. The Balaban J connectivity index is 1.79. The Labute approximate surface area is 151 Å². The lowest BCUT2D eigenvalue weighted by Crippen LogP contribution is -2.21. The highest BCUT2D eigenvalue weighted by molar-refractivity contribution is 7.08. The topological polar surface area (TPSA) is 72.4 Å². The fourth-order valence-electron chi connectivity index (χ4n) is 3.62. The van der Waals surface area contributed by atoms with E-state index in [1.165, 1.54) is 12.3 Å². The molecule has 0 saturated carbocycles. The largest absolute Gasteiger partial charge is 0.477 e. The summed E-state index contributed by atoms with van der Waals surface area (Å²) in [6, 6.07) is 9.50. The molecule has 1 aromatic carbocycles. The van der Waals surface area contributed by atoms with Gasteiger partial charge in [-0.2, -0.15) is 11.3 Å². The highest BCUT2D eigenvalue weighted by Gasteiger charge is 2.25. The first-order valence-electron chi connectivity index (χ1n) is 8.18. The van der Waals surface area contributed by atoms with E-state index in [1.54, 1.807) is 15.9 Å². The Hall–Kier alpha value is -3.12. The van der Waals surface area contributed by atoms with Gasteiger partial charge in [-0.1, -0.05) is 18.2 Å². The van der Waals surface area contributed by atoms with Gasteiger partial charge in [0.1, 0.15) is 11.1 Å². The first-order valence-corrected chi connectivity index (χ1v) is 9.13. The SMILES string of the molecule is O=C(O)c1cn2c(cc1=O)-c1oc3c(-c4ccsc4)cccc3c1CC2. The zero-order chi connectivity index (χ0) is 17.8. The number of thiophene rings is 1. The molecule has 1 aliphatic heterocycles. The van der Waals surface area contributed by atoms with Gasteiger partial charge in [0.2, 0.25) is 0 Å². The maximum atomic E-state index is 12.2. The van der Waals surface area contributed by atoms with Crippen molar-refractivity contribution in [2.75, 3.05) is 0 Å². The van der Waals surface area contributed by atoms with Crippen LogP contribution in [0.3, 0.4) is 0 Å². The number of carbonyl (C=O) groups is 1. The van der Waals surface area contributed by atoms with Crippen LogP contribution in [0.1, 0.15) is 15.9 Å². The third kappa shape index (κ3) is 2.09. The molecule has 6 heteroatoms. The number of aromatic carboxylic acids is 1. The first kappa shape index (κ1) is 15.2. The van der Waals surface area contributed by atoms with E-state index in [4.69, 9.17) is 4.42 Å². The number of aryl methyl sites for hydroxylation is 2. The van der Waals surface area contributed by atoms with Crippen LogP contribution in [0.15, 0.2) is 56.5 Å². The van der Waals surface area contributed by atoms with E-state index in [9.17, 15) is 14.7 Å². The van der Waals surface area contributed by atoms with E-state index in [-0.39, 0.29) is 5.56 Å². The van der Waals surface area contributed by atoms with Crippen LogP contribution >= 0.6 is 11.3 Å². The molecule has 1 aliphatic rings. The van der Waals surface area contributed by atoms with Gasteiger partial charge in [-0.15, -0.1) is 0 Å². The molecule has 128 valence electrons. The molecule has 4 aromatic rings. The number of hydrogen-bond acceptors (Lipinski definition) is 4. The van der Waals surface area contributed by atoms with Crippen molar-refractivity contribution in [2.24, 2.45) is 0 Å². The number of carboxylic acid groups (broad SMARTS) is 1. The summed E-state index contributed by atoms with van der Waals surface area (Å²) in [7, 11) is 0. The van der Waals surface area contributed by atoms with Crippen molar-refractivity contribution in [3.8, 4) is 22.6 Å². The fourth-order valence-corrected chi connectivity index (χ4v) is 4.27. The number of furan rings is 1. The molecule has 0 unspecified atom stereocenters. The van der Waals surface area contributed by atoms with Gasteiger partial charge >= 0.3 is 5.97 Å². The van der Waals surface area contributed by atoms with Crippen LogP contribution in [-0.2, 0) is 13.0 Å². The Bertz CT molecular complexity index is 1230. The number of para-hydroxylation sites is 1. The smallest absolute Gasteiger partial charge is 0.341 e. The average molecular weight is 363 g/mol. The molecule has 0 atom stereocenters. The molecule has 26 heavy (non-hydrogen) atoms. The predicted octanol–water partition coefficient (Wildman–Crippen LogP) is 4.24. The van der Waals surface area contributed by atoms with Crippen LogP contribution in [-0.4, -0.2) is 15.6 Å². The number of rotatable bonds is 2. The summed E-state index contributed by atoms with van der Waals surface area (Å²) in [4.78, 5) is 23.4. The minimum atomic E-state index is -1.21. The molecule has 5 nitrogen and oxygen atoms in total. The van der Waals surface area contributed by atoms with Gasteiger partial charge in [0.25, 0.3) is 0 Å². The molecule has 0 aliphatic carbocycles. The van der Waals surface area contributed by atoms with Crippen molar-refractivity contribution >= 4 is 28.3 Å². The van der Waals surface area contributed by atoms with Gasteiger partial charge in [0.05, 0.1) is 5.69 Å². The average Bonchev–Trinajstić information content (AvgIpc) is 3.28. The molecule has 0 radical (unpaired) electrons. The number of fused-ring (bicyclic) bond motifs is 5. The number of benzene rings is 1. The second kappa shape index (κ2) is 5.44. The molecule has 0 bridgehead atoms. The van der Waals surface area contributed by atoms with Crippen molar-refractivity contribution in [3.05, 3.63) is 68.6 Å². The van der Waals surface area contributed by atoms with Gasteiger partial charge in [-0.3, -0.25) is 4.79 Å². The fraction of sp³-hybridized carbons (Fsp3) is 0.100. The van der Waals surface area contributed by atoms with Gasteiger partial charge < -0.3 is 14.1 Å². The number of pyridine rings is 1. The molecule has 1 N–H and O–H groups in total.